The number of rotatable bonds is 4. The number of hydrogen-bond acceptors (Lipinski definition) is 4. The van der Waals surface area contributed by atoms with Gasteiger partial charge >= 0.3 is 0 Å². The van der Waals surface area contributed by atoms with Gasteiger partial charge in [-0.15, -0.1) is 0 Å². The summed E-state index contributed by atoms with van der Waals surface area (Å²) in [5.74, 6) is 0.497. The highest BCUT2D eigenvalue weighted by Crippen LogP contribution is 2.39. The molecule has 1 fully saturated rings. The normalized spacial score (nSPS) is 16.6. The van der Waals surface area contributed by atoms with Gasteiger partial charge in [0.05, 0.1) is 17.7 Å². The van der Waals surface area contributed by atoms with E-state index in [4.69, 9.17) is 17.0 Å². The van der Waals surface area contributed by atoms with Crippen molar-refractivity contribution in [2.75, 3.05) is 12.0 Å². The maximum atomic E-state index is 12.8. The Bertz CT molecular complexity index is 872. The van der Waals surface area contributed by atoms with Crippen LogP contribution in [0.5, 0.6) is 5.75 Å². The highest BCUT2D eigenvalue weighted by molar-refractivity contribution is 8.27. The molecule has 25 heavy (non-hydrogen) atoms. The number of amides is 1. The topological polar surface area (TPSA) is 29.5 Å². The van der Waals surface area contributed by atoms with Crippen LogP contribution in [0.15, 0.2) is 71.2 Å². The lowest BCUT2D eigenvalue weighted by molar-refractivity contribution is -0.113. The molecule has 0 N–H and O–H groups in total. The Morgan fingerprint density at radius 1 is 1.12 bits per heavy atom. The minimum absolute atomic E-state index is 0.125. The summed E-state index contributed by atoms with van der Waals surface area (Å²) in [5, 5.41) is 0. The lowest BCUT2D eigenvalue weighted by Gasteiger charge is -2.17. The molecule has 1 aliphatic rings. The fourth-order valence-corrected chi connectivity index (χ4v) is 3.89. The van der Waals surface area contributed by atoms with Crippen molar-refractivity contribution < 1.29 is 9.53 Å². The molecule has 3 nitrogen and oxygen atoms in total. The number of benzene rings is 2. The van der Waals surface area contributed by atoms with E-state index in [1.165, 1.54) is 16.7 Å². The molecule has 0 spiro atoms. The van der Waals surface area contributed by atoms with Crippen molar-refractivity contribution in [1.82, 2.24) is 0 Å². The van der Waals surface area contributed by atoms with E-state index in [1.54, 1.807) is 7.11 Å². The summed E-state index contributed by atoms with van der Waals surface area (Å²) in [6.45, 7) is 1.97. The summed E-state index contributed by atoms with van der Waals surface area (Å²) in [4.78, 5) is 15.0. The van der Waals surface area contributed by atoms with Crippen LogP contribution in [0.4, 0.5) is 5.69 Å². The zero-order valence-corrected chi connectivity index (χ0v) is 15.6. The first kappa shape index (κ1) is 17.5. The third-order valence-corrected chi connectivity index (χ3v) is 4.97. The summed E-state index contributed by atoms with van der Waals surface area (Å²) >= 11 is 6.73. The van der Waals surface area contributed by atoms with E-state index in [0.29, 0.717) is 20.7 Å². The van der Waals surface area contributed by atoms with E-state index < -0.39 is 0 Å². The Labute approximate surface area is 157 Å². The van der Waals surface area contributed by atoms with Crippen LogP contribution < -0.4 is 9.64 Å². The third-order valence-electron chi connectivity index (χ3n) is 3.67. The summed E-state index contributed by atoms with van der Waals surface area (Å²) in [6.07, 6.45) is 3.91. The Hall–Kier alpha value is -2.37. The lowest BCUT2D eigenvalue weighted by atomic mass is 10.1. The number of carbonyl (C=O) groups excluding carboxylic acids is 1. The Morgan fingerprint density at radius 3 is 2.52 bits per heavy atom. The van der Waals surface area contributed by atoms with Crippen molar-refractivity contribution in [2.45, 2.75) is 6.92 Å². The number of ether oxygens (including phenoxy) is 1. The molecule has 1 saturated heterocycles. The van der Waals surface area contributed by atoms with Crippen LogP contribution in [0.25, 0.3) is 6.08 Å². The Kier molecular flexibility index (Phi) is 5.36. The van der Waals surface area contributed by atoms with Gasteiger partial charge in [-0.1, -0.05) is 72.5 Å². The Morgan fingerprint density at radius 2 is 1.80 bits per heavy atom. The van der Waals surface area contributed by atoms with E-state index in [-0.39, 0.29) is 5.91 Å². The van der Waals surface area contributed by atoms with Gasteiger partial charge in [0.1, 0.15) is 5.75 Å². The molecule has 1 aliphatic heterocycles. The summed E-state index contributed by atoms with van der Waals surface area (Å²) in [6, 6.07) is 17.4. The van der Waals surface area contributed by atoms with Crippen LogP contribution in [0, 0.1) is 0 Å². The fourth-order valence-electron chi connectivity index (χ4n) is 2.55. The molecule has 0 saturated carbocycles. The average molecular weight is 367 g/mol. The van der Waals surface area contributed by atoms with Gasteiger partial charge in [0.15, 0.2) is 4.32 Å². The van der Waals surface area contributed by atoms with Gasteiger partial charge in [0.25, 0.3) is 5.91 Å². The maximum absolute atomic E-state index is 12.8. The molecule has 126 valence electrons. The number of carbonyl (C=O) groups is 1. The number of methoxy groups -OCH3 is 1. The minimum Gasteiger partial charge on any atom is -0.495 e. The number of thioether (sulfide) groups is 1. The van der Waals surface area contributed by atoms with Gasteiger partial charge in [-0.3, -0.25) is 9.69 Å². The molecule has 5 heteroatoms. The average Bonchev–Trinajstić information content (AvgIpc) is 2.89. The number of allylic oxidation sites excluding steroid dienone is 2. The first-order valence-electron chi connectivity index (χ1n) is 7.74. The highest BCUT2D eigenvalue weighted by Gasteiger charge is 2.34. The maximum Gasteiger partial charge on any atom is 0.270 e. The van der Waals surface area contributed by atoms with Crippen molar-refractivity contribution >= 4 is 46.0 Å². The smallest absolute Gasteiger partial charge is 0.270 e. The van der Waals surface area contributed by atoms with Crippen LogP contribution in [0.2, 0.25) is 0 Å². The molecule has 0 radical (unpaired) electrons. The van der Waals surface area contributed by atoms with Crippen molar-refractivity contribution in [3.63, 3.8) is 0 Å². The number of thiocarbonyl (C=S) groups is 1. The SMILES string of the molecule is COc1ccccc1N1C(=O)C(=CC(C)=Cc2ccccc2)SC1=S. The van der Waals surface area contributed by atoms with Crippen molar-refractivity contribution in [3.8, 4) is 5.75 Å². The predicted molar refractivity (Wildman–Crippen MR) is 109 cm³/mol. The van der Waals surface area contributed by atoms with E-state index in [2.05, 4.69) is 0 Å². The Balaban J connectivity index is 1.90. The van der Waals surface area contributed by atoms with E-state index in [9.17, 15) is 4.79 Å². The molecule has 0 bridgehead atoms. The van der Waals surface area contributed by atoms with Crippen LogP contribution in [-0.4, -0.2) is 17.3 Å². The summed E-state index contributed by atoms with van der Waals surface area (Å²) < 4.78 is 5.86. The van der Waals surface area contributed by atoms with Gasteiger partial charge in [0, 0.05) is 0 Å². The van der Waals surface area contributed by atoms with Crippen molar-refractivity contribution in [3.05, 3.63) is 76.7 Å². The number of anilines is 1. The quantitative estimate of drug-likeness (QED) is 0.559. The largest absolute Gasteiger partial charge is 0.495 e. The second kappa shape index (κ2) is 7.68. The van der Waals surface area contributed by atoms with E-state index >= 15 is 0 Å². The van der Waals surface area contributed by atoms with Gasteiger partial charge in [-0.25, -0.2) is 0 Å². The van der Waals surface area contributed by atoms with Crippen molar-refractivity contribution in [2.24, 2.45) is 0 Å². The van der Waals surface area contributed by atoms with Gasteiger partial charge in [0.2, 0.25) is 0 Å². The van der Waals surface area contributed by atoms with E-state index in [0.717, 1.165) is 11.1 Å². The second-order valence-electron chi connectivity index (χ2n) is 5.49. The van der Waals surface area contributed by atoms with Crippen LogP contribution >= 0.6 is 24.0 Å². The lowest BCUT2D eigenvalue weighted by Crippen LogP contribution is -2.27. The first-order valence-corrected chi connectivity index (χ1v) is 8.97. The molecule has 2 aromatic carbocycles. The molecule has 0 unspecified atom stereocenters. The number of hydrogen-bond donors (Lipinski definition) is 0. The van der Waals surface area contributed by atoms with E-state index in [1.807, 2.05) is 73.7 Å². The monoisotopic (exact) mass is 367 g/mol. The van der Waals surface area contributed by atoms with Crippen LogP contribution in [0.1, 0.15) is 12.5 Å². The third kappa shape index (κ3) is 3.83. The molecule has 1 amide bonds. The second-order valence-corrected chi connectivity index (χ2v) is 7.16. The van der Waals surface area contributed by atoms with Gasteiger partial charge in [-0.05, 0) is 36.3 Å². The van der Waals surface area contributed by atoms with Crippen molar-refractivity contribution in [1.29, 1.82) is 0 Å². The minimum atomic E-state index is -0.125. The van der Waals surface area contributed by atoms with Crippen LogP contribution in [0.3, 0.4) is 0 Å². The summed E-state index contributed by atoms with van der Waals surface area (Å²) in [7, 11) is 1.58. The molecule has 0 aromatic heterocycles. The molecule has 0 atom stereocenters. The predicted octanol–water partition coefficient (Wildman–Crippen LogP) is 5.05. The van der Waals surface area contributed by atoms with Crippen LogP contribution in [-0.2, 0) is 4.79 Å². The first-order chi connectivity index (χ1) is 12.1. The number of para-hydroxylation sites is 2. The summed E-state index contributed by atoms with van der Waals surface area (Å²) in [5.41, 5.74) is 2.75. The van der Waals surface area contributed by atoms with Gasteiger partial charge < -0.3 is 4.74 Å². The molecular weight excluding hydrogens is 350 g/mol. The molecule has 0 aliphatic carbocycles. The zero-order valence-electron chi connectivity index (χ0n) is 13.9. The fraction of sp³-hybridized carbons (Fsp3) is 0.100. The highest BCUT2D eigenvalue weighted by atomic mass is 32.2. The molecular formula is C20H17NO2S2. The zero-order chi connectivity index (χ0) is 17.8. The standard InChI is InChI=1S/C20H17NO2S2/c1-14(12-15-8-4-3-5-9-15)13-18-19(22)21(20(24)25-18)16-10-6-7-11-17(16)23-2/h3-13H,1-2H3. The molecule has 2 aromatic rings. The molecule has 1 heterocycles. The van der Waals surface area contributed by atoms with Gasteiger partial charge in [-0.2, -0.15) is 0 Å². The molecule has 3 rings (SSSR count). The number of nitrogens with zero attached hydrogens (tertiary/aromatic N) is 1.